The summed E-state index contributed by atoms with van der Waals surface area (Å²) >= 11 is 0. The maximum atomic E-state index is 12.5. The lowest BCUT2D eigenvalue weighted by Crippen LogP contribution is -2.18. The first-order valence-electron chi connectivity index (χ1n) is 7.40. The average molecular weight is 331 g/mol. The molecule has 7 heteroatoms. The molecule has 2 rings (SSSR count). The van der Waals surface area contributed by atoms with Crippen LogP contribution < -0.4 is 10.1 Å². The Morgan fingerprint density at radius 3 is 2.50 bits per heavy atom. The summed E-state index contributed by atoms with van der Waals surface area (Å²) in [6, 6.07) is 5.52. The molecule has 0 saturated heterocycles. The molecule has 24 heavy (non-hydrogen) atoms. The molecule has 0 saturated carbocycles. The number of carbonyl (C=O) groups excluding carboxylic acids is 1. The van der Waals surface area contributed by atoms with Crippen LogP contribution >= 0.6 is 0 Å². The number of rotatable bonds is 4. The van der Waals surface area contributed by atoms with Crippen molar-refractivity contribution in [2.45, 2.75) is 26.2 Å². The second-order valence-corrected chi connectivity index (χ2v) is 6.49. The van der Waals surface area contributed by atoms with Crippen molar-refractivity contribution in [3.05, 3.63) is 41.2 Å². The summed E-state index contributed by atoms with van der Waals surface area (Å²) in [4.78, 5) is 23.7. The Bertz CT molecular complexity index is 788. The highest BCUT2D eigenvalue weighted by Crippen LogP contribution is 2.31. The lowest BCUT2D eigenvalue weighted by Gasteiger charge is -2.21. The minimum Gasteiger partial charge on any atom is -0.495 e. The van der Waals surface area contributed by atoms with Gasteiger partial charge in [0.25, 0.3) is 5.91 Å². The largest absolute Gasteiger partial charge is 0.495 e. The molecule has 7 nitrogen and oxygen atoms in total. The molecule has 0 radical (unpaired) electrons. The van der Waals surface area contributed by atoms with Crippen LogP contribution in [0.5, 0.6) is 5.75 Å². The molecule has 0 bridgehead atoms. The van der Waals surface area contributed by atoms with Crippen molar-refractivity contribution in [2.24, 2.45) is 7.05 Å². The van der Waals surface area contributed by atoms with E-state index in [9.17, 15) is 14.7 Å². The van der Waals surface area contributed by atoms with Gasteiger partial charge in [0.15, 0.2) is 5.69 Å². The van der Waals surface area contributed by atoms with Gasteiger partial charge >= 0.3 is 5.97 Å². The van der Waals surface area contributed by atoms with Crippen LogP contribution in [0.1, 0.15) is 47.2 Å². The Balaban J connectivity index is 2.40. The fourth-order valence-corrected chi connectivity index (χ4v) is 2.27. The topological polar surface area (TPSA) is 93.5 Å². The molecule has 0 atom stereocenters. The fraction of sp³-hybridized carbons (Fsp3) is 0.353. The van der Waals surface area contributed by atoms with Crippen LogP contribution in [0.4, 0.5) is 5.69 Å². The van der Waals surface area contributed by atoms with E-state index >= 15 is 0 Å². The summed E-state index contributed by atoms with van der Waals surface area (Å²) in [6.45, 7) is 6.17. The molecule has 2 aromatic rings. The van der Waals surface area contributed by atoms with Gasteiger partial charge < -0.3 is 15.2 Å². The summed E-state index contributed by atoms with van der Waals surface area (Å²) in [5.74, 6) is -1.31. The van der Waals surface area contributed by atoms with Crippen molar-refractivity contribution in [3.8, 4) is 5.75 Å². The van der Waals surface area contributed by atoms with E-state index in [1.165, 1.54) is 18.0 Å². The average Bonchev–Trinajstić information content (AvgIpc) is 2.88. The third-order valence-corrected chi connectivity index (χ3v) is 3.59. The molecule has 2 N–H and O–H groups in total. The molecule has 0 aliphatic rings. The Kier molecular flexibility index (Phi) is 4.64. The molecule has 0 unspecified atom stereocenters. The number of ether oxygens (including phenoxy) is 1. The van der Waals surface area contributed by atoms with Gasteiger partial charge in [-0.1, -0.05) is 26.8 Å². The van der Waals surface area contributed by atoms with Gasteiger partial charge in [-0.2, -0.15) is 5.10 Å². The molecule has 0 fully saturated rings. The second-order valence-electron chi connectivity index (χ2n) is 6.49. The lowest BCUT2D eigenvalue weighted by molar-refractivity contribution is 0.0692. The van der Waals surface area contributed by atoms with E-state index in [-0.39, 0.29) is 16.7 Å². The number of amides is 1. The first-order valence-corrected chi connectivity index (χ1v) is 7.40. The number of hydrogen-bond acceptors (Lipinski definition) is 4. The quantitative estimate of drug-likeness (QED) is 0.898. The molecule has 128 valence electrons. The highest BCUT2D eigenvalue weighted by molar-refractivity contribution is 6.09. The maximum Gasteiger partial charge on any atom is 0.339 e. The fourth-order valence-electron chi connectivity index (χ4n) is 2.27. The summed E-state index contributed by atoms with van der Waals surface area (Å²) in [5.41, 5.74) is 1.08. The third-order valence-electron chi connectivity index (χ3n) is 3.59. The maximum absolute atomic E-state index is 12.5. The lowest BCUT2D eigenvalue weighted by atomic mass is 9.87. The number of aryl methyl sites for hydroxylation is 1. The van der Waals surface area contributed by atoms with E-state index in [0.29, 0.717) is 11.4 Å². The van der Waals surface area contributed by atoms with Gasteiger partial charge in [-0.3, -0.25) is 9.48 Å². The summed E-state index contributed by atoms with van der Waals surface area (Å²) < 4.78 is 6.57. The number of aromatic carboxylic acids is 1. The first kappa shape index (κ1) is 17.5. The van der Waals surface area contributed by atoms with Crippen molar-refractivity contribution in [1.29, 1.82) is 0 Å². The number of anilines is 1. The summed E-state index contributed by atoms with van der Waals surface area (Å²) in [5, 5.41) is 15.8. The number of hydrogen-bond donors (Lipinski definition) is 2. The number of nitrogens with zero attached hydrogens (tertiary/aromatic N) is 2. The van der Waals surface area contributed by atoms with E-state index in [4.69, 9.17) is 4.74 Å². The number of nitrogens with one attached hydrogen (secondary N) is 1. The van der Waals surface area contributed by atoms with Gasteiger partial charge in [0.05, 0.1) is 12.8 Å². The highest BCUT2D eigenvalue weighted by Gasteiger charge is 2.23. The second kappa shape index (κ2) is 6.35. The van der Waals surface area contributed by atoms with Crippen LogP contribution in [0.15, 0.2) is 24.4 Å². The van der Waals surface area contributed by atoms with E-state index < -0.39 is 11.9 Å². The predicted molar refractivity (Wildman–Crippen MR) is 89.8 cm³/mol. The van der Waals surface area contributed by atoms with Crippen LogP contribution in [0.2, 0.25) is 0 Å². The van der Waals surface area contributed by atoms with Crippen molar-refractivity contribution < 1.29 is 19.4 Å². The summed E-state index contributed by atoms with van der Waals surface area (Å²) in [6.07, 6.45) is 1.29. The number of aromatic nitrogens is 2. The van der Waals surface area contributed by atoms with Crippen molar-refractivity contribution in [1.82, 2.24) is 9.78 Å². The number of methoxy groups -OCH3 is 1. The molecular formula is C17H21N3O4. The molecule has 1 aromatic carbocycles. The molecule has 1 amide bonds. The van der Waals surface area contributed by atoms with Gasteiger partial charge in [-0.25, -0.2) is 4.79 Å². The zero-order valence-corrected chi connectivity index (χ0v) is 14.4. The van der Waals surface area contributed by atoms with Crippen molar-refractivity contribution >= 4 is 17.6 Å². The minimum absolute atomic E-state index is 0.108. The molecular weight excluding hydrogens is 310 g/mol. The van der Waals surface area contributed by atoms with E-state index in [1.54, 1.807) is 13.1 Å². The Hall–Kier alpha value is -2.83. The van der Waals surface area contributed by atoms with E-state index in [1.807, 2.05) is 12.1 Å². The first-order chi connectivity index (χ1) is 11.1. The number of benzene rings is 1. The number of carboxylic acid groups (broad SMARTS) is 1. The van der Waals surface area contributed by atoms with Gasteiger partial charge in [0.2, 0.25) is 0 Å². The van der Waals surface area contributed by atoms with Crippen molar-refractivity contribution in [3.63, 3.8) is 0 Å². The predicted octanol–water partition coefficient (Wildman–Crippen LogP) is 2.68. The Morgan fingerprint density at radius 1 is 1.29 bits per heavy atom. The normalized spacial score (nSPS) is 11.2. The monoisotopic (exact) mass is 331 g/mol. The zero-order chi connectivity index (χ0) is 18.1. The number of carbonyl (C=O) groups is 2. The van der Waals surface area contributed by atoms with E-state index in [0.717, 1.165) is 5.56 Å². The minimum atomic E-state index is -1.20. The SMILES string of the molecule is COc1ccc(C(C)(C)C)cc1NC(=O)c1nn(C)cc1C(=O)O. The smallest absolute Gasteiger partial charge is 0.339 e. The van der Waals surface area contributed by atoms with Gasteiger partial charge in [-0.15, -0.1) is 0 Å². The molecule has 1 aromatic heterocycles. The molecule has 0 aliphatic heterocycles. The van der Waals surface area contributed by atoms with Crippen LogP contribution in [0.3, 0.4) is 0 Å². The Morgan fingerprint density at radius 2 is 1.96 bits per heavy atom. The summed E-state index contributed by atoms with van der Waals surface area (Å²) in [7, 11) is 3.06. The highest BCUT2D eigenvalue weighted by atomic mass is 16.5. The molecule has 1 heterocycles. The standard InChI is InChI=1S/C17H21N3O4/c1-17(2,3)10-6-7-13(24-5)12(8-10)18-15(21)14-11(16(22)23)9-20(4)19-14/h6-9H,1-5H3,(H,18,21)(H,22,23). The van der Waals surface area contributed by atoms with Crippen LogP contribution in [-0.4, -0.2) is 33.9 Å². The van der Waals surface area contributed by atoms with Crippen molar-refractivity contribution in [2.75, 3.05) is 12.4 Å². The number of carboxylic acids is 1. The van der Waals surface area contributed by atoms with Gasteiger partial charge in [0.1, 0.15) is 11.3 Å². The molecule has 0 spiro atoms. The van der Waals surface area contributed by atoms with Crippen LogP contribution in [0.25, 0.3) is 0 Å². The van der Waals surface area contributed by atoms with E-state index in [2.05, 4.69) is 31.2 Å². The molecule has 0 aliphatic carbocycles. The van der Waals surface area contributed by atoms with Crippen LogP contribution in [-0.2, 0) is 12.5 Å². The third kappa shape index (κ3) is 3.56. The van der Waals surface area contributed by atoms with Gasteiger partial charge in [-0.05, 0) is 23.1 Å². The van der Waals surface area contributed by atoms with Gasteiger partial charge in [0, 0.05) is 13.2 Å². The zero-order valence-electron chi connectivity index (χ0n) is 14.4. The van der Waals surface area contributed by atoms with Crippen LogP contribution in [0, 0.1) is 0 Å². The Labute approximate surface area is 140 Å².